The van der Waals surface area contributed by atoms with Gasteiger partial charge in [-0.15, -0.1) is 0 Å². The van der Waals surface area contributed by atoms with E-state index in [2.05, 4.69) is 40.9 Å². The lowest BCUT2D eigenvalue weighted by Gasteiger charge is -2.37. The highest BCUT2D eigenvalue weighted by Gasteiger charge is 2.20. The fourth-order valence-electron chi connectivity index (χ4n) is 3.40. The zero-order valence-corrected chi connectivity index (χ0v) is 18.0. The number of rotatable bonds is 9. The fourth-order valence-corrected chi connectivity index (χ4v) is 3.40. The minimum Gasteiger partial charge on any atom is -0.389 e. The molecule has 2 rings (SSSR count). The quantitative estimate of drug-likeness (QED) is 0.501. The van der Waals surface area contributed by atoms with Gasteiger partial charge in [0.15, 0.2) is 5.96 Å². The van der Waals surface area contributed by atoms with Crippen molar-refractivity contribution in [2.24, 2.45) is 10.9 Å². The van der Waals surface area contributed by atoms with Crippen LogP contribution in [0.2, 0.25) is 0 Å². The van der Waals surface area contributed by atoms with E-state index in [1.54, 1.807) is 0 Å². The van der Waals surface area contributed by atoms with Crippen LogP contribution >= 0.6 is 0 Å². The van der Waals surface area contributed by atoms with Gasteiger partial charge in [-0.1, -0.05) is 44.2 Å². The summed E-state index contributed by atoms with van der Waals surface area (Å²) >= 11 is 0. The van der Waals surface area contributed by atoms with Crippen molar-refractivity contribution < 1.29 is 9.84 Å². The summed E-state index contributed by atoms with van der Waals surface area (Å²) in [5, 5.41) is 13.7. The molecule has 2 unspecified atom stereocenters. The third kappa shape index (κ3) is 7.78. The Morgan fingerprint density at radius 1 is 1.14 bits per heavy atom. The molecule has 6 nitrogen and oxygen atoms in total. The number of hydrogen-bond acceptors (Lipinski definition) is 4. The first-order valence-corrected chi connectivity index (χ1v) is 10.6. The van der Waals surface area contributed by atoms with Gasteiger partial charge in [0.05, 0.1) is 25.4 Å². The number of guanidine groups is 1. The molecule has 2 N–H and O–H groups in total. The Kier molecular flexibility index (Phi) is 9.75. The van der Waals surface area contributed by atoms with E-state index in [0.29, 0.717) is 12.5 Å². The van der Waals surface area contributed by atoms with Crippen LogP contribution in [-0.2, 0) is 4.74 Å². The van der Waals surface area contributed by atoms with Gasteiger partial charge in [-0.05, 0) is 25.3 Å². The lowest BCUT2D eigenvalue weighted by atomic mass is 10.1. The van der Waals surface area contributed by atoms with Gasteiger partial charge in [0.2, 0.25) is 0 Å². The molecule has 6 heteroatoms. The van der Waals surface area contributed by atoms with Crippen LogP contribution in [0.25, 0.3) is 0 Å². The second-order valence-corrected chi connectivity index (χ2v) is 7.92. The Balaban J connectivity index is 1.79. The van der Waals surface area contributed by atoms with Gasteiger partial charge in [0.25, 0.3) is 0 Å². The number of piperazine rings is 1. The summed E-state index contributed by atoms with van der Waals surface area (Å²) in [7, 11) is 0. The molecule has 0 radical (unpaired) electrons. The maximum absolute atomic E-state index is 10.3. The average Bonchev–Trinajstić information content (AvgIpc) is 2.70. The molecule has 1 aliphatic heterocycles. The van der Waals surface area contributed by atoms with Gasteiger partial charge >= 0.3 is 0 Å². The topological polar surface area (TPSA) is 60.3 Å². The summed E-state index contributed by atoms with van der Waals surface area (Å²) in [5.74, 6) is 1.59. The Labute approximate surface area is 170 Å². The highest BCUT2D eigenvalue weighted by molar-refractivity contribution is 5.80. The van der Waals surface area contributed by atoms with Gasteiger partial charge < -0.3 is 20.1 Å². The van der Waals surface area contributed by atoms with Crippen molar-refractivity contribution in [2.45, 2.75) is 39.9 Å². The minimum atomic E-state index is -0.609. The maximum Gasteiger partial charge on any atom is 0.194 e. The normalized spacial score (nSPS) is 18.4. The summed E-state index contributed by atoms with van der Waals surface area (Å²) in [4.78, 5) is 9.46. The van der Waals surface area contributed by atoms with E-state index in [1.807, 2.05) is 37.3 Å². The van der Waals surface area contributed by atoms with Crippen LogP contribution in [0.3, 0.4) is 0 Å². The number of aliphatic hydroxyl groups excluding tert-OH is 1. The molecule has 0 saturated carbocycles. The molecule has 1 fully saturated rings. The molecule has 0 aromatic heterocycles. The molecule has 2 atom stereocenters. The first-order valence-electron chi connectivity index (χ1n) is 10.6. The first-order chi connectivity index (χ1) is 13.5. The molecular weight excluding hydrogens is 352 g/mol. The van der Waals surface area contributed by atoms with E-state index in [4.69, 9.17) is 4.74 Å². The van der Waals surface area contributed by atoms with Crippen molar-refractivity contribution in [2.75, 3.05) is 52.4 Å². The van der Waals surface area contributed by atoms with Crippen LogP contribution in [0.1, 0.15) is 39.4 Å². The fraction of sp³-hybridized carbons (Fsp3) is 0.682. The zero-order chi connectivity index (χ0) is 20.4. The molecule has 0 spiro atoms. The number of nitrogens with one attached hydrogen (secondary N) is 1. The monoisotopic (exact) mass is 390 g/mol. The molecule has 0 bridgehead atoms. The van der Waals surface area contributed by atoms with E-state index >= 15 is 0 Å². The Hall–Kier alpha value is -1.63. The van der Waals surface area contributed by atoms with Gasteiger partial charge in [-0.2, -0.15) is 0 Å². The standard InChI is InChI=1S/C22H38N4O2/c1-5-23-22(26-13-11-25(12-14-26)16-18(2)3)24-15-21(27)17-28-19(4)20-9-7-6-8-10-20/h6-10,18-19,21,27H,5,11-17H2,1-4H3,(H,23,24). The van der Waals surface area contributed by atoms with Gasteiger partial charge in [0, 0.05) is 39.3 Å². The van der Waals surface area contributed by atoms with E-state index in [1.165, 1.54) is 0 Å². The van der Waals surface area contributed by atoms with Gasteiger partial charge in [-0.25, -0.2) is 0 Å². The molecule has 1 saturated heterocycles. The molecule has 1 aromatic carbocycles. The van der Waals surface area contributed by atoms with Crippen molar-refractivity contribution in [3.05, 3.63) is 35.9 Å². The number of nitrogens with zero attached hydrogens (tertiary/aromatic N) is 3. The van der Waals surface area contributed by atoms with Crippen molar-refractivity contribution in [1.82, 2.24) is 15.1 Å². The molecule has 1 aliphatic rings. The summed E-state index contributed by atoms with van der Waals surface area (Å²) in [5.41, 5.74) is 1.12. The number of hydrogen-bond donors (Lipinski definition) is 2. The van der Waals surface area contributed by atoms with Crippen LogP contribution in [0.4, 0.5) is 0 Å². The van der Waals surface area contributed by atoms with Crippen LogP contribution in [0, 0.1) is 5.92 Å². The number of ether oxygens (including phenoxy) is 1. The summed E-state index contributed by atoms with van der Waals surface area (Å²) in [6.07, 6.45) is -0.649. The molecule has 1 heterocycles. The zero-order valence-electron chi connectivity index (χ0n) is 18.0. The highest BCUT2D eigenvalue weighted by Crippen LogP contribution is 2.16. The van der Waals surface area contributed by atoms with Crippen molar-refractivity contribution >= 4 is 5.96 Å². The predicted octanol–water partition coefficient (Wildman–Crippen LogP) is 2.36. The largest absolute Gasteiger partial charge is 0.389 e. The Bertz CT molecular complexity index is 571. The van der Waals surface area contributed by atoms with Gasteiger partial charge in [-0.3, -0.25) is 9.89 Å². The number of aliphatic imine (C=N–C) groups is 1. The molecule has 158 valence electrons. The van der Waals surface area contributed by atoms with Crippen LogP contribution < -0.4 is 5.32 Å². The first kappa shape index (κ1) is 22.7. The van der Waals surface area contributed by atoms with Crippen LogP contribution in [0.15, 0.2) is 35.3 Å². The molecule has 0 aliphatic carbocycles. The molecule has 1 aromatic rings. The van der Waals surface area contributed by atoms with E-state index in [9.17, 15) is 5.11 Å². The van der Waals surface area contributed by atoms with Crippen molar-refractivity contribution in [3.8, 4) is 0 Å². The summed E-state index contributed by atoms with van der Waals surface area (Å²) in [6.45, 7) is 15.3. The Morgan fingerprint density at radius 2 is 1.82 bits per heavy atom. The van der Waals surface area contributed by atoms with E-state index in [0.717, 1.165) is 50.8 Å². The number of benzene rings is 1. The molecule has 28 heavy (non-hydrogen) atoms. The summed E-state index contributed by atoms with van der Waals surface area (Å²) < 4.78 is 5.82. The van der Waals surface area contributed by atoms with Gasteiger partial charge in [0.1, 0.15) is 0 Å². The average molecular weight is 391 g/mol. The Morgan fingerprint density at radius 3 is 2.43 bits per heavy atom. The number of aliphatic hydroxyl groups is 1. The molecular formula is C22H38N4O2. The van der Waals surface area contributed by atoms with Crippen molar-refractivity contribution in [3.63, 3.8) is 0 Å². The lowest BCUT2D eigenvalue weighted by molar-refractivity contribution is 0.00102. The highest BCUT2D eigenvalue weighted by atomic mass is 16.5. The molecule has 0 amide bonds. The SMILES string of the molecule is CCNC(=NCC(O)COC(C)c1ccccc1)N1CCN(CC(C)C)CC1. The maximum atomic E-state index is 10.3. The third-order valence-electron chi connectivity index (χ3n) is 4.89. The summed E-state index contributed by atoms with van der Waals surface area (Å²) in [6, 6.07) is 10.1. The lowest BCUT2D eigenvalue weighted by Crippen LogP contribution is -2.53. The second kappa shape index (κ2) is 12.0. The van der Waals surface area contributed by atoms with E-state index < -0.39 is 6.10 Å². The van der Waals surface area contributed by atoms with Crippen molar-refractivity contribution in [1.29, 1.82) is 0 Å². The van der Waals surface area contributed by atoms with Crippen LogP contribution in [-0.4, -0.2) is 79.4 Å². The second-order valence-electron chi connectivity index (χ2n) is 7.92. The smallest absolute Gasteiger partial charge is 0.194 e. The van der Waals surface area contributed by atoms with E-state index in [-0.39, 0.29) is 12.7 Å². The van der Waals surface area contributed by atoms with Crippen LogP contribution in [0.5, 0.6) is 0 Å². The minimum absolute atomic E-state index is 0.0397. The third-order valence-corrected chi connectivity index (χ3v) is 4.89. The predicted molar refractivity (Wildman–Crippen MR) is 116 cm³/mol.